The molecule has 8 heteroatoms. The summed E-state index contributed by atoms with van der Waals surface area (Å²) in [6.07, 6.45) is 3.66. The number of aromatic hydroxyl groups is 1. The highest BCUT2D eigenvalue weighted by Gasteiger charge is 2.22. The predicted octanol–water partition coefficient (Wildman–Crippen LogP) is 6.31. The Morgan fingerprint density at radius 2 is 1.75 bits per heavy atom. The maximum absolute atomic E-state index is 12.9. The number of ether oxygens (including phenoxy) is 1. The van der Waals surface area contributed by atoms with Crippen LogP contribution in [0.3, 0.4) is 0 Å². The SMILES string of the molecule is COc1c(O)ccc2c(=O)c(N=O)c(-c3ccc(CN(C)CCC4CCN(Cc5ccccc5)CC4)cc3)oc12. The molecule has 2 heterocycles. The lowest BCUT2D eigenvalue weighted by Gasteiger charge is -2.32. The van der Waals surface area contributed by atoms with Crippen molar-refractivity contribution in [2.75, 3.05) is 33.8 Å². The quantitative estimate of drug-likeness (QED) is 0.235. The van der Waals surface area contributed by atoms with Gasteiger partial charge in [-0.3, -0.25) is 9.69 Å². The number of fused-ring (bicyclic) bond motifs is 1. The van der Waals surface area contributed by atoms with Gasteiger partial charge in [0.15, 0.2) is 22.8 Å². The summed E-state index contributed by atoms with van der Waals surface area (Å²) in [5.74, 6) is 0.675. The number of rotatable bonds is 10. The van der Waals surface area contributed by atoms with Crippen LogP contribution < -0.4 is 10.2 Å². The molecule has 40 heavy (non-hydrogen) atoms. The van der Waals surface area contributed by atoms with Crippen molar-refractivity contribution < 1.29 is 14.3 Å². The van der Waals surface area contributed by atoms with E-state index in [1.807, 2.05) is 24.3 Å². The third kappa shape index (κ3) is 6.08. The first-order valence-corrected chi connectivity index (χ1v) is 13.7. The molecule has 3 aromatic carbocycles. The molecule has 1 N–H and O–H groups in total. The van der Waals surface area contributed by atoms with E-state index in [-0.39, 0.29) is 33.9 Å². The summed E-state index contributed by atoms with van der Waals surface area (Å²) in [5.41, 5.74) is 2.24. The van der Waals surface area contributed by atoms with Crippen molar-refractivity contribution in [3.8, 4) is 22.8 Å². The summed E-state index contributed by atoms with van der Waals surface area (Å²) in [6.45, 7) is 5.15. The zero-order valence-corrected chi connectivity index (χ0v) is 23.0. The van der Waals surface area contributed by atoms with Crippen molar-refractivity contribution in [2.45, 2.75) is 32.4 Å². The van der Waals surface area contributed by atoms with Crippen LogP contribution in [-0.2, 0) is 13.1 Å². The number of likely N-dealkylation sites (tertiary alicyclic amines) is 1. The van der Waals surface area contributed by atoms with Crippen LogP contribution in [0.1, 0.15) is 30.4 Å². The van der Waals surface area contributed by atoms with E-state index in [9.17, 15) is 14.8 Å². The van der Waals surface area contributed by atoms with E-state index < -0.39 is 5.43 Å². The van der Waals surface area contributed by atoms with Gasteiger partial charge in [-0.1, -0.05) is 54.6 Å². The molecular formula is C32H35N3O5. The van der Waals surface area contributed by atoms with Crippen LogP contribution in [0.5, 0.6) is 11.5 Å². The highest BCUT2D eigenvalue weighted by molar-refractivity contribution is 5.90. The fraction of sp³-hybridized carbons (Fsp3) is 0.344. The van der Waals surface area contributed by atoms with Crippen LogP contribution in [0.15, 0.2) is 81.1 Å². The molecule has 1 aromatic heterocycles. The number of benzene rings is 3. The number of phenolic OH excluding ortho intramolecular Hbond substituents is 1. The number of nitroso groups, excluding NO2 is 1. The van der Waals surface area contributed by atoms with Gasteiger partial charge in [0.05, 0.1) is 12.5 Å². The highest BCUT2D eigenvalue weighted by atomic mass is 16.5. The van der Waals surface area contributed by atoms with Crippen molar-refractivity contribution >= 4 is 16.7 Å². The van der Waals surface area contributed by atoms with Crippen molar-refractivity contribution in [1.82, 2.24) is 9.80 Å². The Bertz CT molecular complexity index is 1510. The van der Waals surface area contributed by atoms with Crippen LogP contribution in [0.4, 0.5) is 5.69 Å². The molecule has 0 radical (unpaired) electrons. The fourth-order valence-electron chi connectivity index (χ4n) is 5.52. The summed E-state index contributed by atoms with van der Waals surface area (Å²) in [4.78, 5) is 29.4. The topological polar surface area (TPSA) is 95.6 Å². The molecule has 0 spiro atoms. The van der Waals surface area contributed by atoms with Crippen LogP contribution in [0.2, 0.25) is 0 Å². The predicted molar refractivity (Wildman–Crippen MR) is 157 cm³/mol. The van der Waals surface area contributed by atoms with Crippen LogP contribution in [-0.4, -0.2) is 48.7 Å². The monoisotopic (exact) mass is 541 g/mol. The van der Waals surface area contributed by atoms with Crippen molar-refractivity contribution in [3.05, 3.63) is 93.0 Å². The van der Waals surface area contributed by atoms with E-state index in [1.54, 1.807) is 0 Å². The van der Waals surface area contributed by atoms with Gasteiger partial charge in [0.1, 0.15) is 0 Å². The molecule has 1 aliphatic heterocycles. The molecule has 1 saturated heterocycles. The summed E-state index contributed by atoms with van der Waals surface area (Å²) >= 11 is 0. The fourth-order valence-corrected chi connectivity index (χ4v) is 5.52. The smallest absolute Gasteiger partial charge is 0.222 e. The Morgan fingerprint density at radius 3 is 2.42 bits per heavy atom. The third-order valence-corrected chi connectivity index (χ3v) is 7.81. The molecular weight excluding hydrogens is 506 g/mol. The maximum atomic E-state index is 12.9. The van der Waals surface area contributed by atoms with Crippen LogP contribution >= 0.6 is 0 Å². The summed E-state index contributed by atoms with van der Waals surface area (Å²) < 4.78 is 11.2. The normalized spacial score (nSPS) is 14.6. The third-order valence-electron chi connectivity index (χ3n) is 7.81. The number of methoxy groups -OCH3 is 1. The maximum Gasteiger partial charge on any atom is 0.222 e. The average Bonchev–Trinajstić information content (AvgIpc) is 2.97. The van der Waals surface area contributed by atoms with Gasteiger partial charge in [-0.05, 0) is 80.3 Å². The minimum absolute atomic E-state index is 0.0356. The van der Waals surface area contributed by atoms with Crippen LogP contribution in [0, 0.1) is 10.8 Å². The molecule has 5 rings (SSSR count). The zero-order chi connectivity index (χ0) is 28.1. The Hall–Kier alpha value is -4.01. The van der Waals surface area contributed by atoms with Gasteiger partial charge in [0.25, 0.3) is 0 Å². The lowest BCUT2D eigenvalue weighted by Crippen LogP contribution is -2.34. The van der Waals surface area contributed by atoms with E-state index in [0.717, 1.165) is 44.2 Å². The lowest BCUT2D eigenvalue weighted by atomic mass is 9.93. The van der Waals surface area contributed by atoms with Gasteiger partial charge in [-0.25, -0.2) is 0 Å². The Balaban J connectivity index is 1.19. The van der Waals surface area contributed by atoms with E-state index in [2.05, 4.69) is 52.4 Å². The van der Waals surface area contributed by atoms with Gasteiger partial charge in [-0.15, -0.1) is 4.91 Å². The summed E-state index contributed by atoms with van der Waals surface area (Å²) in [6, 6.07) is 21.0. The molecule has 0 aliphatic carbocycles. The number of hydrogen-bond donors (Lipinski definition) is 1. The zero-order valence-electron chi connectivity index (χ0n) is 23.0. The van der Waals surface area contributed by atoms with Crippen molar-refractivity contribution in [3.63, 3.8) is 0 Å². The first-order valence-electron chi connectivity index (χ1n) is 13.7. The van der Waals surface area contributed by atoms with E-state index in [0.29, 0.717) is 5.56 Å². The first-order chi connectivity index (χ1) is 19.5. The molecule has 8 nitrogen and oxygen atoms in total. The van der Waals surface area contributed by atoms with E-state index >= 15 is 0 Å². The summed E-state index contributed by atoms with van der Waals surface area (Å²) in [5, 5.41) is 13.2. The molecule has 4 aromatic rings. The van der Waals surface area contributed by atoms with Crippen molar-refractivity contribution in [1.29, 1.82) is 0 Å². The standard InChI is InChI=1S/C32H35N3O5/c1-34(17-14-22-15-18-35(19-16-22)21-23-6-4-3-5-7-23)20-24-8-10-25(11-9-24)30-28(33-38)29(37)26-12-13-27(36)32(39-2)31(26)40-30/h3-13,22,36H,14-21H2,1-2H3. The van der Waals surface area contributed by atoms with E-state index in [4.69, 9.17) is 9.15 Å². The second kappa shape index (κ2) is 12.4. The van der Waals surface area contributed by atoms with Gasteiger partial charge in [0, 0.05) is 18.7 Å². The second-order valence-corrected chi connectivity index (χ2v) is 10.6. The number of phenols is 1. The Labute approximate surface area is 233 Å². The number of piperidine rings is 1. The van der Waals surface area contributed by atoms with Gasteiger partial charge in [-0.2, -0.15) is 0 Å². The average molecular weight is 542 g/mol. The number of nitrogens with zero attached hydrogens (tertiary/aromatic N) is 3. The minimum atomic E-state index is -0.570. The summed E-state index contributed by atoms with van der Waals surface area (Å²) in [7, 11) is 3.51. The minimum Gasteiger partial charge on any atom is -0.504 e. The molecule has 0 atom stereocenters. The Kier molecular flexibility index (Phi) is 8.57. The Morgan fingerprint density at radius 1 is 1.02 bits per heavy atom. The molecule has 208 valence electrons. The second-order valence-electron chi connectivity index (χ2n) is 10.6. The number of hydrogen-bond acceptors (Lipinski definition) is 8. The molecule has 1 fully saturated rings. The van der Waals surface area contributed by atoms with Crippen LogP contribution in [0.25, 0.3) is 22.3 Å². The first kappa shape index (κ1) is 27.6. The largest absolute Gasteiger partial charge is 0.504 e. The molecule has 1 aliphatic rings. The molecule has 0 saturated carbocycles. The molecule has 0 unspecified atom stereocenters. The lowest BCUT2D eigenvalue weighted by molar-refractivity contribution is 0.162. The van der Waals surface area contributed by atoms with Gasteiger partial charge >= 0.3 is 0 Å². The molecule has 0 amide bonds. The molecule has 0 bridgehead atoms. The van der Waals surface area contributed by atoms with Gasteiger partial charge < -0.3 is 19.2 Å². The van der Waals surface area contributed by atoms with Crippen molar-refractivity contribution in [2.24, 2.45) is 11.1 Å². The van der Waals surface area contributed by atoms with E-state index in [1.165, 1.54) is 44.1 Å². The highest BCUT2D eigenvalue weighted by Crippen LogP contribution is 2.38. The van der Waals surface area contributed by atoms with Gasteiger partial charge in [0.2, 0.25) is 11.2 Å².